The minimum Gasteiger partial charge on any atom is -0.481 e. The number of carboxylic acid groups (broad SMARTS) is 2. The highest BCUT2D eigenvalue weighted by Crippen LogP contribution is 2.21. The van der Waals surface area contributed by atoms with E-state index in [2.05, 4.69) is 14.2 Å². The van der Waals surface area contributed by atoms with Gasteiger partial charge in [-0.1, -0.05) is 41.5 Å². The predicted molar refractivity (Wildman–Crippen MR) is 105 cm³/mol. The van der Waals surface area contributed by atoms with E-state index >= 15 is 0 Å². The molecule has 2 N–H and O–H groups in total. The third kappa shape index (κ3) is 10.1. The lowest BCUT2D eigenvalue weighted by Crippen LogP contribution is -2.26. The number of ether oxygens (including phenoxy) is 3. The van der Waals surface area contributed by atoms with E-state index in [1.165, 1.54) is 41.9 Å². The number of rotatable bonds is 6. The maximum absolute atomic E-state index is 10.8. The standard InChI is InChI=1S/2C7H12O4.C6H8O3/c2*1-4(6(8)9)5(2)7(10)11-3;1-3-4(2)6(8)9-5(3)7/h2*4-5H,1-3H3,(H,8,9);3-4H,1-2H3/t2*4-,5+;3-,4+/m10./s1. The van der Waals surface area contributed by atoms with Crippen LogP contribution in [0.25, 0.3) is 0 Å². The number of aliphatic carboxylic acids is 2. The Balaban J connectivity index is 0. The van der Waals surface area contributed by atoms with Crippen LogP contribution in [0, 0.1) is 35.5 Å². The van der Waals surface area contributed by atoms with Crippen molar-refractivity contribution in [3.63, 3.8) is 0 Å². The first kappa shape index (κ1) is 30.2. The van der Waals surface area contributed by atoms with Crippen molar-refractivity contribution in [2.75, 3.05) is 14.2 Å². The van der Waals surface area contributed by atoms with Gasteiger partial charge in [0.05, 0.1) is 49.7 Å². The number of hydrogen-bond donors (Lipinski definition) is 2. The van der Waals surface area contributed by atoms with Crippen LogP contribution in [-0.4, -0.2) is 60.2 Å². The summed E-state index contributed by atoms with van der Waals surface area (Å²) < 4.78 is 13.1. The van der Waals surface area contributed by atoms with Gasteiger partial charge in [0.15, 0.2) is 0 Å². The van der Waals surface area contributed by atoms with Crippen LogP contribution in [0.15, 0.2) is 0 Å². The summed E-state index contributed by atoms with van der Waals surface area (Å²) >= 11 is 0. The van der Waals surface area contributed by atoms with Gasteiger partial charge in [-0.3, -0.25) is 28.8 Å². The van der Waals surface area contributed by atoms with Crippen molar-refractivity contribution in [2.24, 2.45) is 35.5 Å². The Morgan fingerprint density at radius 1 is 0.710 bits per heavy atom. The van der Waals surface area contributed by atoms with E-state index < -0.39 is 59.5 Å². The molecular formula is C20H32O11. The lowest BCUT2D eigenvalue weighted by molar-refractivity contribution is -0.154. The average molecular weight is 448 g/mol. The summed E-state index contributed by atoms with van der Waals surface area (Å²) in [6, 6.07) is 0. The molecular weight excluding hydrogens is 416 g/mol. The highest BCUT2D eigenvalue weighted by molar-refractivity contribution is 5.95. The van der Waals surface area contributed by atoms with Crippen LogP contribution in [0.4, 0.5) is 0 Å². The van der Waals surface area contributed by atoms with Crippen molar-refractivity contribution < 1.29 is 53.2 Å². The second kappa shape index (κ2) is 14.1. The molecule has 31 heavy (non-hydrogen) atoms. The van der Waals surface area contributed by atoms with Crippen molar-refractivity contribution >= 4 is 35.8 Å². The summed E-state index contributed by atoms with van der Waals surface area (Å²) in [5.74, 6) is -6.79. The zero-order valence-corrected chi connectivity index (χ0v) is 19.0. The molecule has 1 saturated heterocycles. The molecule has 1 fully saturated rings. The first-order valence-electron chi connectivity index (χ1n) is 9.50. The van der Waals surface area contributed by atoms with Gasteiger partial charge in [-0.15, -0.1) is 0 Å². The normalized spacial score (nSPS) is 20.9. The highest BCUT2D eigenvalue weighted by atomic mass is 16.6. The molecule has 0 aromatic carbocycles. The number of methoxy groups -OCH3 is 2. The number of carbonyl (C=O) groups is 6. The fourth-order valence-corrected chi connectivity index (χ4v) is 1.90. The fraction of sp³-hybridized carbons (Fsp3) is 0.700. The molecule has 1 rings (SSSR count). The first-order valence-corrected chi connectivity index (χ1v) is 9.50. The van der Waals surface area contributed by atoms with Crippen molar-refractivity contribution in [1.29, 1.82) is 0 Å². The number of carboxylic acids is 2. The molecule has 1 heterocycles. The number of cyclic esters (lactones) is 2. The van der Waals surface area contributed by atoms with Gasteiger partial charge in [-0.2, -0.15) is 0 Å². The molecule has 0 saturated carbocycles. The lowest BCUT2D eigenvalue weighted by atomic mass is 9.97. The number of esters is 4. The Hall–Kier alpha value is -2.98. The van der Waals surface area contributed by atoms with Crippen molar-refractivity contribution in [2.45, 2.75) is 41.5 Å². The minimum atomic E-state index is -0.983. The largest absolute Gasteiger partial charge is 0.481 e. The number of hydrogen-bond acceptors (Lipinski definition) is 9. The third-order valence-electron chi connectivity index (χ3n) is 5.12. The maximum atomic E-state index is 10.8. The van der Waals surface area contributed by atoms with E-state index in [0.29, 0.717) is 0 Å². The smallest absolute Gasteiger partial charge is 0.317 e. The van der Waals surface area contributed by atoms with Crippen LogP contribution in [-0.2, 0) is 43.0 Å². The molecule has 0 radical (unpaired) electrons. The van der Waals surface area contributed by atoms with E-state index in [9.17, 15) is 28.8 Å². The fourth-order valence-electron chi connectivity index (χ4n) is 1.90. The maximum Gasteiger partial charge on any atom is 0.317 e. The van der Waals surface area contributed by atoms with Gasteiger partial charge in [0.1, 0.15) is 0 Å². The summed E-state index contributed by atoms with van der Waals surface area (Å²) in [7, 11) is 2.49. The van der Waals surface area contributed by atoms with Gasteiger partial charge in [0.2, 0.25) is 0 Å². The van der Waals surface area contributed by atoms with Gasteiger partial charge in [-0.05, 0) is 0 Å². The molecule has 0 aromatic rings. The SMILES string of the molecule is COC(=O)[C@@H](C)[C@@H](C)C(=O)O.COC(=O)[C@H](C)[C@H](C)C(=O)O.C[C@@H]1C(=O)OC(=O)[C@@H]1C. The first-order chi connectivity index (χ1) is 14.1. The summed E-state index contributed by atoms with van der Waals surface area (Å²) in [5.41, 5.74) is 0. The molecule has 0 aliphatic carbocycles. The van der Waals surface area contributed by atoms with Crippen molar-refractivity contribution in [3.8, 4) is 0 Å². The van der Waals surface area contributed by atoms with Crippen LogP contribution in [0.3, 0.4) is 0 Å². The topological polar surface area (TPSA) is 171 Å². The third-order valence-corrected chi connectivity index (χ3v) is 5.12. The highest BCUT2D eigenvalue weighted by Gasteiger charge is 2.37. The Kier molecular flexibility index (Phi) is 13.7. The van der Waals surface area contributed by atoms with E-state index in [0.717, 1.165) is 0 Å². The molecule has 0 unspecified atom stereocenters. The molecule has 178 valence electrons. The molecule has 11 nitrogen and oxygen atoms in total. The second-order valence-corrected chi connectivity index (χ2v) is 7.19. The Bertz CT molecular complexity index is 614. The van der Waals surface area contributed by atoms with Gasteiger partial charge in [0.25, 0.3) is 0 Å². The summed E-state index contributed by atoms with van der Waals surface area (Å²) in [6.07, 6.45) is 0. The van der Waals surface area contributed by atoms with Crippen molar-refractivity contribution in [1.82, 2.24) is 0 Å². The molecule has 0 aromatic heterocycles. The van der Waals surface area contributed by atoms with E-state index in [-0.39, 0.29) is 11.8 Å². The summed E-state index contributed by atoms with van der Waals surface area (Å²) in [6.45, 7) is 9.40. The Morgan fingerprint density at radius 3 is 1.10 bits per heavy atom. The zero-order chi connectivity index (χ0) is 25.0. The Morgan fingerprint density at radius 2 is 0.968 bits per heavy atom. The van der Waals surface area contributed by atoms with E-state index in [1.807, 2.05) is 0 Å². The molecule has 6 atom stereocenters. The van der Waals surface area contributed by atoms with Crippen LogP contribution in [0.5, 0.6) is 0 Å². The van der Waals surface area contributed by atoms with Crippen LogP contribution < -0.4 is 0 Å². The van der Waals surface area contributed by atoms with Gasteiger partial charge >= 0.3 is 35.8 Å². The molecule has 0 spiro atoms. The zero-order valence-electron chi connectivity index (χ0n) is 19.0. The summed E-state index contributed by atoms with van der Waals surface area (Å²) in [4.78, 5) is 63.4. The van der Waals surface area contributed by atoms with Crippen LogP contribution >= 0.6 is 0 Å². The molecule has 1 aliphatic rings. The predicted octanol–water partition coefficient (Wildman–Crippen LogP) is 1.37. The quantitative estimate of drug-likeness (QED) is 0.341. The van der Waals surface area contributed by atoms with Crippen molar-refractivity contribution in [3.05, 3.63) is 0 Å². The average Bonchev–Trinajstić information content (AvgIpc) is 2.96. The van der Waals surface area contributed by atoms with Gasteiger partial charge in [-0.25, -0.2) is 0 Å². The van der Waals surface area contributed by atoms with E-state index in [1.54, 1.807) is 13.8 Å². The molecule has 11 heteroatoms. The monoisotopic (exact) mass is 448 g/mol. The summed E-state index contributed by atoms with van der Waals surface area (Å²) in [5, 5.41) is 17.0. The minimum absolute atomic E-state index is 0.252. The Labute approximate surface area is 181 Å². The molecule has 0 amide bonds. The van der Waals surface area contributed by atoms with Gasteiger partial charge in [0, 0.05) is 0 Å². The molecule has 0 bridgehead atoms. The van der Waals surface area contributed by atoms with Gasteiger partial charge < -0.3 is 24.4 Å². The van der Waals surface area contributed by atoms with Crippen LogP contribution in [0.2, 0.25) is 0 Å². The lowest BCUT2D eigenvalue weighted by Gasteiger charge is -2.12. The number of carbonyl (C=O) groups excluding carboxylic acids is 4. The van der Waals surface area contributed by atoms with E-state index in [4.69, 9.17) is 10.2 Å². The van der Waals surface area contributed by atoms with Crippen LogP contribution in [0.1, 0.15) is 41.5 Å². The second-order valence-electron chi connectivity index (χ2n) is 7.19. The molecule has 1 aliphatic heterocycles.